The van der Waals surface area contributed by atoms with E-state index >= 15 is 0 Å². The number of carbonyl (C=O) groups is 1. The molecule has 0 saturated heterocycles. The number of carbonyl (C=O) groups excluding carboxylic acids is 1. The first-order valence-electron chi connectivity index (χ1n) is 5.78. The molecule has 3 N–H and O–H groups in total. The van der Waals surface area contributed by atoms with E-state index in [-0.39, 0.29) is 5.91 Å². The van der Waals surface area contributed by atoms with Crippen molar-refractivity contribution in [3.05, 3.63) is 21.9 Å². The number of rotatable bonds is 7. The molecule has 1 aromatic rings. The molecular formula is C12H20N2OS. The molecule has 1 amide bonds. The molecule has 0 aromatic carbocycles. The molecule has 3 nitrogen and oxygen atoms in total. The fourth-order valence-corrected chi connectivity index (χ4v) is 2.47. The molecule has 0 aliphatic rings. The van der Waals surface area contributed by atoms with E-state index in [9.17, 15) is 4.79 Å². The van der Waals surface area contributed by atoms with E-state index in [0.29, 0.717) is 11.6 Å². The Morgan fingerprint density at radius 1 is 1.56 bits per heavy atom. The molecule has 0 radical (unpaired) electrons. The molecule has 1 aromatic heterocycles. The second kappa shape index (κ2) is 6.66. The molecule has 1 heterocycles. The third-order valence-electron chi connectivity index (χ3n) is 2.63. The first kappa shape index (κ1) is 13.2. The van der Waals surface area contributed by atoms with Crippen molar-refractivity contribution in [1.82, 2.24) is 5.32 Å². The van der Waals surface area contributed by atoms with Gasteiger partial charge in [-0.25, -0.2) is 0 Å². The number of nitrogens with two attached hydrogens (primary N) is 1. The van der Waals surface area contributed by atoms with Crippen molar-refractivity contribution in [2.24, 2.45) is 5.73 Å². The Kier molecular flexibility index (Phi) is 5.49. The minimum Gasteiger partial charge on any atom is -0.366 e. The Hall–Kier alpha value is -0.870. The van der Waals surface area contributed by atoms with E-state index in [0.717, 1.165) is 13.0 Å². The molecule has 0 bridgehead atoms. The number of primary amides is 1. The summed E-state index contributed by atoms with van der Waals surface area (Å²) in [6.07, 6.45) is 3.54. The van der Waals surface area contributed by atoms with Gasteiger partial charge in [0.1, 0.15) is 0 Å². The number of hydrogen-bond donors (Lipinski definition) is 2. The molecular weight excluding hydrogens is 220 g/mol. The Bertz CT molecular complexity index is 336. The van der Waals surface area contributed by atoms with Crippen LogP contribution in [0.15, 0.2) is 11.4 Å². The Balaban J connectivity index is 2.44. The van der Waals surface area contributed by atoms with Crippen LogP contribution in [0.4, 0.5) is 0 Å². The van der Waals surface area contributed by atoms with Gasteiger partial charge in [0.15, 0.2) is 0 Å². The molecule has 4 heteroatoms. The zero-order valence-corrected chi connectivity index (χ0v) is 10.8. The predicted octanol–water partition coefficient (Wildman–Crippen LogP) is 2.52. The van der Waals surface area contributed by atoms with Crippen LogP contribution in [0.3, 0.4) is 0 Å². The highest BCUT2D eigenvalue weighted by Gasteiger charge is 2.07. The van der Waals surface area contributed by atoms with Crippen LogP contribution in [-0.2, 0) is 6.54 Å². The van der Waals surface area contributed by atoms with Crippen LogP contribution in [0.2, 0.25) is 0 Å². The molecule has 1 unspecified atom stereocenters. The Morgan fingerprint density at radius 3 is 2.81 bits per heavy atom. The van der Waals surface area contributed by atoms with Crippen LogP contribution >= 0.6 is 11.3 Å². The highest BCUT2D eigenvalue weighted by molar-refractivity contribution is 7.10. The first-order valence-corrected chi connectivity index (χ1v) is 6.65. The Labute approximate surface area is 101 Å². The van der Waals surface area contributed by atoms with Crippen LogP contribution in [0.5, 0.6) is 0 Å². The van der Waals surface area contributed by atoms with Crippen molar-refractivity contribution in [2.75, 3.05) is 0 Å². The zero-order valence-electron chi connectivity index (χ0n) is 9.95. The monoisotopic (exact) mass is 240 g/mol. The SMILES string of the molecule is CCCC(CC)NCc1cc(C(N)=O)cs1. The maximum Gasteiger partial charge on any atom is 0.249 e. The summed E-state index contributed by atoms with van der Waals surface area (Å²) >= 11 is 1.59. The van der Waals surface area contributed by atoms with Crippen LogP contribution < -0.4 is 11.1 Å². The van der Waals surface area contributed by atoms with Gasteiger partial charge in [-0.05, 0) is 18.9 Å². The quantitative estimate of drug-likeness (QED) is 0.769. The molecule has 90 valence electrons. The molecule has 0 saturated carbocycles. The average Bonchev–Trinajstić information content (AvgIpc) is 2.73. The number of thiophene rings is 1. The van der Waals surface area contributed by atoms with Crippen LogP contribution in [0.25, 0.3) is 0 Å². The summed E-state index contributed by atoms with van der Waals surface area (Å²) in [5.41, 5.74) is 5.82. The van der Waals surface area contributed by atoms with E-state index in [4.69, 9.17) is 5.73 Å². The largest absolute Gasteiger partial charge is 0.366 e. The van der Waals surface area contributed by atoms with E-state index in [1.54, 1.807) is 11.3 Å². The van der Waals surface area contributed by atoms with Gasteiger partial charge >= 0.3 is 0 Å². The molecule has 1 atom stereocenters. The molecule has 0 spiro atoms. The number of hydrogen-bond acceptors (Lipinski definition) is 3. The minimum absolute atomic E-state index is 0.344. The van der Waals surface area contributed by atoms with Crippen molar-refractivity contribution < 1.29 is 4.79 Å². The van der Waals surface area contributed by atoms with Gasteiger partial charge in [-0.1, -0.05) is 20.3 Å². The maximum atomic E-state index is 10.9. The van der Waals surface area contributed by atoms with Crippen LogP contribution in [0.1, 0.15) is 48.3 Å². The lowest BCUT2D eigenvalue weighted by Gasteiger charge is -2.14. The molecule has 0 aliphatic carbocycles. The lowest BCUT2D eigenvalue weighted by atomic mass is 10.1. The summed E-state index contributed by atoms with van der Waals surface area (Å²) < 4.78 is 0. The van der Waals surface area contributed by atoms with Crippen LogP contribution in [0, 0.1) is 0 Å². The third-order valence-corrected chi connectivity index (χ3v) is 3.57. The van der Waals surface area contributed by atoms with E-state index in [2.05, 4.69) is 19.2 Å². The standard InChI is InChI=1S/C12H20N2OS/c1-3-5-10(4-2)14-7-11-6-9(8-16-11)12(13)15/h6,8,10,14H,3-5,7H2,1-2H3,(H2,13,15). The van der Waals surface area contributed by atoms with E-state index < -0.39 is 0 Å². The highest BCUT2D eigenvalue weighted by atomic mass is 32.1. The third kappa shape index (κ3) is 3.94. The van der Waals surface area contributed by atoms with Gasteiger partial charge in [0, 0.05) is 22.8 Å². The van der Waals surface area contributed by atoms with Gasteiger partial charge in [0.2, 0.25) is 5.91 Å². The summed E-state index contributed by atoms with van der Waals surface area (Å²) in [7, 11) is 0. The summed E-state index contributed by atoms with van der Waals surface area (Å²) in [4.78, 5) is 12.1. The lowest BCUT2D eigenvalue weighted by Crippen LogP contribution is -2.27. The topological polar surface area (TPSA) is 55.1 Å². The predicted molar refractivity (Wildman–Crippen MR) is 68.7 cm³/mol. The molecule has 16 heavy (non-hydrogen) atoms. The second-order valence-corrected chi connectivity index (χ2v) is 4.94. The van der Waals surface area contributed by atoms with E-state index in [1.807, 2.05) is 11.4 Å². The lowest BCUT2D eigenvalue weighted by molar-refractivity contribution is 0.100. The van der Waals surface area contributed by atoms with Crippen molar-refractivity contribution >= 4 is 17.2 Å². The van der Waals surface area contributed by atoms with Gasteiger partial charge in [0.25, 0.3) is 0 Å². The second-order valence-electron chi connectivity index (χ2n) is 3.94. The first-order chi connectivity index (χ1) is 7.67. The van der Waals surface area contributed by atoms with Crippen molar-refractivity contribution in [2.45, 2.75) is 45.7 Å². The van der Waals surface area contributed by atoms with Gasteiger partial charge in [0.05, 0.1) is 5.56 Å². The highest BCUT2D eigenvalue weighted by Crippen LogP contribution is 2.14. The van der Waals surface area contributed by atoms with Gasteiger partial charge in [-0.15, -0.1) is 11.3 Å². The fourth-order valence-electron chi connectivity index (χ4n) is 1.65. The van der Waals surface area contributed by atoms with Crippen molar-refractivity contribution in [1.29, 1.82) is 0 Å². The molecule has 0 fully saturated rings. The molecule has 0 aliphatic heterocycles. The number of nitrogens with one attached hydrogen (secondary N) is 1. The maximum absolute atomic E-state index is 10.9. The van der Waals surface area contributed by atoms with Gasteiger partial charge < -0.3 is 11.1 Å². The molecule has 1 rings (SSSR count). The Morgan fingerprint density at radius 2 is 2.31 bits per heavy atom. The number of amides is 1. The van der Waals surface area contributed by atoms with Gasteiger partial charge in [-0.2, -0.15) is 0 Å². The van der Waals surface area contributed by atoms with Crippen molar-refractivity contribution in [3.8, 4) is 0 Å². The summed E-state index contributed by atoms with van der Waals surface area (Å²) in [5.74, 6) is -0.344. The fraction of sp³-hybridized carbons (Fsp3) is 0.583. The normalized spacial score (nSPS) is 12.6. The smallest absolute Gasteiger partial charge is 0.249 e. The van der Waals surface area contributed by atoms with E-state index in [1.165, 1.54) is 17.7 Å². The van der Waals surface area contributed by atoms with Gasteiger partial charge in [-0.3, -0.25) is 4.79 Å². The summed E-state index contributed by atoms with van der Waals surface area (Å²) in [6.45, 7) is 5.22. The average molecular weight is 240 g/mol. The zero-order chi connectivity index (χ0) is 12.0. The summed E-state index contributed by atoms with van der Waals surface area (Å²) in [5, 5.41) is 5.32. The van der Waals surface area contributed by atoms with Crippen LogP contribution in [-0.4, -0.2) is 11.9 Å². The van der Waals surface area contributed by atoms with Crippen molar-refractivity contribution in [3.63, 3.8) is 0 Å². The minimum atomic E-state index is -0.344. The summed E-state index contributed by atoms with van der Waals surface area (Å²) in [6, 6.07) is 2.45.